The molecule has 0 aromatic heterocycles. The van der Waals surface area contributed by atoms with Crippen LogP contribution in [0.2, 0.25) is 0 Å². The van der Waals surface area contributed by atoms with E-state index in [-0.39, 0.29) is 12.5 Å². The quantitative estimate of drug-likeness (QED) is 0.440. The van der Waals surface area contributed by atoms with Crippen LogP contribution in [0.15, 0.2) is 66.7 Å². The lowest BCUT2D eigenvalue weighted by molar-refractivity contribution is -0.136. The predicted molar refractivity (Wildman–Crippen MR) is 117 cm³/mol. The van der Waals surface area contributed by atoms with Crippen molar-refractivity contribution in [3.8, 4) is 11.5 Å². The van der Waals surface area contributed by atoms with E-state index in [2.05, 4.69) is 5.32 Å². The minimum absolute atomic E-state index is 0.189. The number of para-hydroxylation sites is 1. The Bertz CT molecular complexity index is 1040. The van der Waals surface area contributed by atoms with E-state index in [0.717, 1.165) is 28.8 Å². The number of ether oxygens (including phenoxy) is 2. The van der Waals surface area contributed by atoms with Gasteiger partial charge in [-0.1, -0.05) is 42.8 Å². The van der Waals surface area contributed by atoms with Gasteiger partial charge in [-0.25, -0.2) is 4.79 Å². The number of nitrogens with one attached hydrogen (secondary N) is 1. The molecule has 3 aromatic carbocycles. The lowest BCUT2D eigenvalue weighted by Crippen LogP contribution is -2.18. The molecule has 0 aliphatic heterocycles. The Hall–Kier alpha value is -3.60. The van der Waals surface area contributed by atoms with E-state index in [4.69, 9.17) is 9.47 Å². The van der Waals surface area contributed by atoms with Crippen LogP contribution >= 0.6 is 0 Å². The summed E-state index contributed by atoms with van der Waals surface area (Å²) in [6, 6.07) is 19.9. The van der Waals surface area contributed by atoms with Gasteiger partial charge in [0.15, 0.2) is 6.61 Å². The maximum Gasteiger partial charge on any atom is 0.349 e. The number of aryl methyl sites for hydroxylation is 3. The van der Waals surface area contributed by atoms with Crippen molar-refractivity contribution >= 4 is 17.6 Å². The van der Waals surface area contributed by atoms with Gasteiger partial charge in [0.25, 0.3) is 5.91 Å². The molecule has 0 fully saturated rings. The van der Waals surface area contributed by atoms with Gasteiger partial charge in [0.1, 0.15) is 11.5 Å². The molecule has 1 N–H and O–H groups in total. The number of esters is 1. The Morgan fingerprint density at radius 1 is 0.933 bits per heavy atom. The monoisotopic (exact) mass is 403 g/mol. The zero-order chi connectivity index (χ0) is 21.5. The smallest absolute Gasteiger partial charge is 0.349 e. The first-order chi connectivity index (χ1) is 14.5. The number of rotatable bonds is 7. The summed E-state index contributed by atoms with van der Waals surface area (Å²) < 4.78 is 10.9. The molecule has 154 valence electrons. The lowest BCUT2D eigenvalue weighted by Gasteiger charge is -2.11. The molecule has 0 unspecified atom stereocenters. The van der Waals surface area contributed by atoms with Crippen LogP contribution in [0.1, 0.15) is 34.0 Å². The van der Waals surface area contributed by atoms with Crippen molar-refractivity contribution in [1.29, 1.82) is 0 Å². The van der Waals surface area contributed by atoms with E-state index in [1.165, 1.54) is 0 Å². The number of carbonyl (C=O) groups is 2. The van der Waals surface area contributed by atoms with Crippen molar-refractivity contribution in [3.63, 3.8) is 0 Å². The Balaban J connectivity index is 1.56. The van der Waals surface area contributed by atoms with Crippen molar-refractivity contribution in [2.45, 2.75) is 27.2 Å². The molecule has 3 aromatic rings. The molecule has 5 heteroatoms. The van der Waals surface area contributed by atoms with Crippen LogP contribution in [0.25, 0.3) is 0 Å². The first-order valence-corrected chi connectivity index (χ1v) is 9.86. The van der Waals surface area contributed by atoms with Crippen molar-refractivity contribution in [2.24, 2.45) is 0 Å². The zero-order valence-electron chi connectivity index (χ0n) is 17.4. The van der Waals surface area contributed by atoms with Crippen molar-refractivity contribution < 1.29 is 19.1 Å². The molecule has 1 amide bonds. The van der Waals surface area contributed by atoms with E-state index in [1.54, 1.807) is 24.3 Å². The molecule has 0 radical (unpaired) electrons. The number of hydrogen-bond donors (Lipinski definition) is 1. The molecule has 0 saturated heterocycles. The van der Waals surface area contributed by atoms with E-state index in [1.807, 2.05) is 63.2 Å². The molecule has 30 heavy (non-hydrogen) atoms. The minimum Gasteiger partial charge on any atom is -0.482 e. The van der Waals surface area contributed by atoms with Gasteiger partial charge in [-0.05, 0) is 67.8 Å². The normalized spacial score (nSPS) is 10.4. The van der Waals surface area contributed by atoms with Crippen LogP contribution in [0.3, 0.4) is 0 Å². The SMILES string of the molecule is CCc1ccccc1OCC(=O)Oc1ccc(C(=O)Nc2ccc(C)cc2C)cc1. The second-order valence-electron chi connectivity index (χ2n) is 7.02. The van der Waals surface area contributed by atoms with Gasteiger partial charge in [0.2, 0.25) is 0 Å². The molecule has 0 atom stereocenters. The molecule has 0 bridgehead atoms. The first kappa shape index (κ1) is 21.1. The Labute approximate surface area is 176 Å². The van der Waals surface area contributed by atoms with Crippen molar-refractivity contribution in [1.82, 2.24) is 0 Å². The number of hydrogen-bond acceptors (Lipinski definition) is 4. The van der Waals surface area contributed by atoms with Crippen LogP contribution in [-0.4, -0.2) is 18.5 Å². The molecule has 0 spiro atoms. The fourth-order valence-corrected chi connectivity index (χ4v) is 3.06. The summed E-state index contributed by atoms with van der Waals surface area (Å²) in [6.07, 6.45) is 0.816. The van der Waals surface area contributed by atoms with Crippen LogP contribution in [0.5, 0.6) is 11.5 Å². The maximum atomic E-state index is 12.5. The minimum atomic E-state index is -0.506. The average molecular weight is 403 g/mol. The summed E-state index contributed by atoms with van der Waals surface area (Å²) in [5, 5.41) is 2.90. The fourth-order valence-electron chi connectivity index (χ4n) is 3.06. The highest BCUT2D eigenvalue weighted by atomic mass is 16.6. The van der Waals surface area contributed by atoms with Gasteiger partial charge in [-0.3, -0.25) is 4.79 Å². The molecule has 0 aliphatic carbocycles. The van der Waals surface area contributed by atoms with Gasteiger partial charge in [-0.2, -0.15) is 0 Å². The van der Waals surface area contributed by atoms with Crippen molar-refractivity contribution in [2.75, 3.05) is 11.9 Å². The Kier molecular flexibility index (Phi) is 6.86. The Morgan fingerprint density at radius 2 is 1.67 bits per heavy atom. The van der Waals surface area contributed by atoms with Gasteiger partial charge >= 0.3 is 5.97 Å². The Morgan fingerprint density at radius 3 is 2.37 bits per heavy atom. The van der Waals surface area contributed by atoms with E-state index < -0.39 is 5.97 Å². The van der Waals surface area contributed by atoms with Gasteiger partial charge < -0.3 is 14.8 Å². The maximum absolute atomic E-state index is 12.5. The summed E-state index contributed by atoms with van der Waals surface area (Å²) in [5.74, 6) is 0.304. The summed E-state index contributed by atoms with van der Waals surface area (Å²) >= 11 is 0. The van der Waals surface area contributed by atoms with Crippen LogP contribution in [0, 0.1) is 13.8 Å². The van der Waals surface area contributed by atoms with Crippen molar-refractivity contribution in [3.05, 3.63) is 89.0 Å². The summed E-state index contributed by atoms with van der Waals surface area (Å²) in [6.45, 7) is 5.79. The highest BCUT2D eigenvalue weighted by Crippen LogP contribution is 2.20. The third-order valence-electron chi connectivity index (χ3n) is 4.68. The molecular formula is C25H25NO4. The molecule has 0 saturated carbocycles. The highest BCUT2D eigenvalue weighted by molar-refractivity contribution is 6.04. The lowest BCUT2D eigenvalue weighted by atomic mass is 10.1. The number of amides is 1. The summed E-state index contributed by atoms with van der Waals surface area (Å²) in [7, 11) is 0. The van der Waals surface area contributed by atoms with E-state index in [9.17, 15) is 9.59 Å². The molecule has 5 nitrogen and oxygen atoms in total. The largest absolute Gasteiger partial charge is 0.482 e. The third kappa shape index (κ3) is 5.47. The summed E-state index contributed by atoms with van der Waals surface area (Å²) in [5.41, 5.74) is 4.41. The van der Waals surface area contributed by atoms with Crippen LogP contribution in [0.4, 0.5) is 5.69 Å². The first-order valence-electron chi connectivity index (χ1n) is 9.86. The molecule has 0 aliphatic rings. The fraction of sp³-hybridized carbons (Fsp3) is 0.200. The van der Waals surface area contributed by atoms with Gasteiger partial charge in [0, 0.05) is 11.3 Å². The predicted octanol–water partition coefficient (Wildman–Crippen LogP) is 5.10. The number of anilines is 1. The highest BCUT2D eigenvalue weighted by Gasteiger charge is 2.11. The zero-order valence-corrected chi connectivity index (χ0v) is 17.4. The van der Waals surface area contributed by atoms with E-state index in [0.29, 0.717) is 17.1 Å². The number of carbonyl (C=O) groups excluding carboxylic acids is 2. The third-order valence-corrected chi connectivity index (χ3v) is 4.68. The van der Waals surface area contributed by atoms with Gasteiger partial charge in [-0.15, -0.1) is 0 Å². The molecule has 0 heterocycles. The van der Waals surface area contributed by atoms with E-state index >= 15 is 0 Å². The molecule has 3 rings (SSSR count). The van der Waals surface area contributed by atoms with Crippen LogP contribution in [-0.2, 0) is 11.2 Å². The number of benzene rings is 3. The topological polar surface area (TPSA) is 64.6 Å². The standard InChI is InChI=1S/C25H25NO4/c1-4-19-7-5-6-8-23(19)29-16-24(27)30-21-12-10-20(11-13-21)25(28)26-22-14-9-17(2)15-18(22)3/h5-15H,4,16H2,1-3H3,(H,26,28). The molecular weight excluding hydrogens is 378 g/mol. The summed E-state index contributed by atoms with van der Waals surface area (Å²) in [4.78, 5) is 24.5. The van der Waals surface area contributed by atoms with Crippen LogP contribution < -0.4 is 14.8 Å². The average Bonchev–Trinajstić information content (AvgIpc) is 2.75. The second kappa shape index (κ2) is 9.74. The van der Waals surface area contributed by atoms with Gasteiger partial charge in [0.05, 0.1) is 0 Å². The second-order valence-corrected chi connectivity index (χ2v) is 7.02.